The molecule has 0 radical (unpaired) electrons. The Bertz CT molecular complexity index is 654. The van der Waals surface area contributed by atoms with Crippen molar-refractivity contribution in [2.75, 3.05) is 11.4 Å². The summed E-state index contributed by atoms with van der Waals surface area (Å²) in [5, 5.41) is 13.1. The topological polar surface area (TPSA) is 70.6 Å². The Kier molecular flexibility index (Phi) is 3.65. The van der Waals surface area contributed by atoms with E-state index in [-0.39, 0.29) is 11.9 Å². The highest BCUT2D eigenvalue weighted by Gasteiger charge is 2.60. The van der Waals surface area contributed by atoms with Gasteiger partial charge in [-0.2, -0.15) is 27.1 Å². The quantitative estimate of drug-likeness (QED) is 0.874. The Morgan fingerprint density at radius 2 is 1.91 bits per heavy atom. The second-order valence-corrected chi connectivity index (χ2v) is 5.07. The van der Waals surface area contributed by atoms with Crippen LogP contribution in [0.2, 0.25) is 0 Å². The van der Waals surface area contributed by atoms with Gasteiger partial charge in [-0.25, -0.2) is 4.98 Å². The third kappa shape index (κ3) is 2.70. The largest absolute Gasteiger partial charge is 0.459 e. The van der Waals surface area contributed by atoms with Gasteiger partial charge in [-0.15, -0.1) is 10.2 Å². The average molecular weight is 334 g/mol. The minimum Gasteiger partial charge on any atom is -0.345 e. The van der Waals surface area contributed by atoms with Gasteiger partial charge in [-0.3, -0.25) is 5.10 Å². The van der Waals surface area contributed by atoms with Gasteiger partial charge in [-0.1, -0.05) is 0 Å². The van der Waals surface area contributed by atoms with Crippen molar-refractivity contribution in [2.24, 2.45) is 0 Å². The molecule has 0 unspecified atom stereocenters. The third-order valence-corrected chi connectivity index (χ3v) is 3.62. The van der Waals surface area contributed by atoms with Crippen LogP contribution in [0.4, 0.5) is 27.8 Å². The van der Waals surface area contributed by atoms with E-state index >= 15 is 0 Å². The predicted molar refractivity (Wildman–Crippen MR) is 67.7 cm³/mol. The molecule has 1 N–H and O–H groups in total. The summed E-state index contributed by atoms with van der Waals surface area (Å²) < 4.78 is 63.4. The van der Waals surface area contributed by atoms with Gasteiger partial charge in [-0.05, 0) is 25.0 Å². The number of nitrogens with zero attached hydrogens (tertiary/aromatic N) is 5. The molecule has 0 aliphatic carbocycles. The van der Waals surface area contributed by atoms with E-state index in [4.69, 9.17) is 0 Å². The summed E-state index contributed by atoms with van der Waals surface area (Å²) in [6, 6.07) is 1.56. The molecule has 0 spiro atoms. The van der Waals surface area contributed by atoms with Gasteiger partial charge in [0.05, 0.1) is 6.04 Å². The summed E-state index contributed by atoms with van der Waals surface area (Å²) in [5.74, 6) is -4.24. The molecule has 11 heteroatoms. The van der Waals surface area contributed by atoms with E-state index in [0.29, 0.717) is 18.4 Å². The molecular weight excluding hydrogens is 323 g/mol. The Morgan fingerprint density at radius 3 is 2.48 bits per heavy atom. The zero-order valence-corrected chi connectivity index (χ0v) is 11.6. The zero-order chi connectivity index (χ0) is 16.7. The minimum atomic E-state index is -5.71. The van der Waals surface area contributed by atoms with Crippen LogP contribution in [0.25, 0.3) is 0 Å². The van der Waals surface area contributed by atoms with Crippen molar-refractivity contribution in [3.8, 4) is 0 Å². The van der Waals surface area contributed by atoms with Gasteiger partial charge in [0, 0.05) is 6.54 Å². The molecule has 2 aromatic heterocycles. The predicted octanol–water partition coefficient (Wildman–Crippen LogP) is 2.59. The lowest BCUT2D eigenvalue weighted by Gasteiger charge is -2.24. The maximum Gasteiger partial charge on any atom is 0.459 e. The first kappa shape index (κ1) is 15.6. The first-order valence-electron chi connectivity index (χ1n) is 6.71. The van der Waals surface area contributed by atoms with E-state index in [1.54, 1.807) is 4.90 Å². The summed E-state index contributed by atoms with van der Waals surface area (Å²) in [6.07, 6.45) is -2.84. The smallest absolute Gasteiger partial charge is 0.345 e. The van der Waals surface area contributed by atoms with E-state index in [1.807, 2.05) is 0 Å². The van der Waals surface area contributed by atoms with E-state index in [2.05, 4.69) is 25.4 Å². The van der Waals surface area contributed by atoms with Crippen molar-refractivity contribution in [2.45, 2.75) is 31.0 Å². The molecule has 1 atom stereocenters. The number of H-pyrrole nitrogens is 1. The van der Waals surface area contributed by atoms with Gasteiger partial charge in [0.25, 0.3) is 0 Å². The molecule has 3 rings (SSSR count). The van der Waals surface area contributed by atoms with Crippen LogP contribution in [0, 0.1) is 0 Å². The highest BCUT2D eigenvalue weighted by Crippen LogP contribution is 2.43. The molecule has 0 bridgehead atoms. The third-order valence-electron chi connectivity index (χ3n) is 3.62. The fourth-order valence-corrected chi connectivity index (χ4v) is 2.49. The summed E-state index contributed by atoms with van der Waals surface area (Å²) in [4.78, 5) is 5.78. The molecule has 124 valence electrons. The van der Waals surface area contributed by atoms with Crippen LogP contribution in [-0.4, -0.2) is 38.1 Å². The van der Waals surface area contributed by atoms with Gasteiger partial charge in [0.15, 0.2) is 5.82 Å². The summed E-state index contributed by atoms with van der Waals surface area (Å²) in [7, 11) is 0. The maximum atomic E-state index is 13.2. The van der Waals surface area contributed by atoms with Gasteiger partial charge in [0.1, 0.15) is 17.8 Å². The number of anilines is 1. The first-order chi connectivity index (χ1) is 10.8. The molecular formula is C12H11F5N6. The number of hydrogen-bond donors (Lipinski definition) is 1. The van der Waals surface area contributed by atoms with Gasteiger partial charge in [0.2, 0.25) is 0 Å². The monoisotopic (exact) mass is 334 g/mol. The molecule has 23 heavy (non-hydrogen) atoms. The molecule has 0 aromatic carbocycles. The van der Waals surface area contributed by atoms with Crippen molar-refractivity contribution >= 4 is 5.82 Å². The fraction of sp³-hybridized carbons (Fsp3) is 0.500. The van der Waals surface area contributed by atoms with Gasteiger partial charge < -0.3 is 4.90 Å². The van der Waals surface area contributed by atoms with E-state index in [1.165, 1.54) is 6.33 Å². The molecule has 1 fully saturated rings. The normalized spacial score (nSPS) is 19.3. The van der Waals surface area contributed by atoms with Crippen LogP contribution >= 0.6 is 0 Å². The van der Waals surface area contributed by atoms with Gasteiger partial charge >= 0.3 is 12.1 Å². The maximum absolute atomic E-state index is 13.2. The Hall–Kier alpha value is -2.33. The fourth-order valence-electron chi connectivity index (χ4n) is 2.49. The molecule has 3 heterocycles. The number of hydrogen-bond acceptors (Lipinski definition) is 5. The lowest BCUT2D eigenvalue weighted by atomic mass is 10.2. The summed E-state index contributed by atoms with van der Waals surface area (Å²) in [5.41, 5.74) is -1.43. The molecule has 1 saturated heterocycles. The summed E-state index contributed by atoms with van der Waals surface area (Å²) in [6.45, 7) is 0.565. The van der Waals surface area contributed by atoms with Crippen LogP contribution < -0.4 is 4.90 Å². The van der Waals surface area contributed by atoms with Crippen LogP contribution in [0.1, 0.15) is 30.4 Å². The van der Waals surface area contributed by atoms with Crippen LogP contribution in [0.15, 0.2) is 18.5 Å². The zero-order valence-electron chi connectivity index (χ0n) is 11.6. The van der Waals surface area contributed by atoms with Crippen molar-refractivity contribution in [1.29, 1.82) is 0 Å². The lowest BCUT2D eigenvalue weighted by molar-refractivity contribution is -0.291. The van der Waals surface area contributed by atoms with Crippen molar-refractivity contribution in [3.05, 3.63) is 30.0 Å². The van der Waals surface area contributed by atoms with E-state index < -0.39 is 17.8 Å². The lowest BCUT2D eigenvalue weighted by Crippen LogP contribution is -2.35. The summed E-state index contributed by atoms with van der Waals surface area (Å²) >= 11 is 0. The molecule has 6 nitrogen and oxygen atoms in total. The SMILES string of the molecule is FC(F)(F)C(F)(F)c1ccc(N2CCC[C@H]2c2ncn[nH]2)nn1. The number of aromatic nitrogens is 5. The second-order valence-electron chi connectivity index (χ2n) is 5.07. The van der Waals surface area contributed by atoms with Crippen LogP contribution in [0.3, 0.4) is 0 Å². The van der Waals surface area contributed by atoms with Crippen molar-refractivity contribution in [3.63, 3.8) is 0 Å². The molecule has 0 amide bonds. The Balaban J connectivity index is 1.85. The minimum absolute atomic E-state index is 0.194. The molecule has 2 aromatic rings. The molecule has 1 aliphatic rings. The number of nitrogens with one attached hydrogen (secondary N) is 1. The van der Waals surface area contributed by atoms with Crippen LogP contribution in [-0.2, 0) is 5.92 Å². The first-order valence-corrected chi connectivity index (χ1v) is 6.71. The Morgan fingerprint density at radius 1 is 1.13 bits per heavy atom. The van der Waals surface area contributed by atoms with E-state index in [0.717, 1.165) is 18.9 Å². The number of rotatable bonds is 3. The second kappa shape index (κ2) is 5.39. The van der Waals surface area contributed by atoms with Crippen LogP contribution in [0.5, 0.6) is 0 Å². The molecule has 0 saturated carbocycles. The van der Waals surface area contributed by atoms with Crippen molar-refractivity contribution < 1.29 is 22.0 Å². The standard InChI is InChI=1S/C12H11F5N6/c13-11(14,12(15,16)17)8-3-4-9(21-20-8)23-5-1-2-7(23)10-18-6-19-22-10/h3-4,6-7H,1-2,5H2,(H,18,19,22)/t7-/m0/s1. The highest BCUT2D eigenvalue weighted by molar-refractivity contribution is 5.41. The number of halogens is 5. The number of alkyl halides is 5. The average Bonchev–Trinajstić information content (AvgIpc) is 3.17. The highest BCUT2D eigenvalue weighted by atomic mass is 19.4. The molecule has 1 aliphatic heterocycles. The van der Waals surface area contributed by atoms with E-state index in [9.17, 15) is 22.0 Å². The van der Waals surface area contributed by atoms with Crippen molar-refractivity contribution in [1.82, 2.24) is 25.4 Å². The Labute approximate surface area is 126 Å². The number of aromatic amines is 1.